The van der Waals surface area contributed by atoms with Crippen LogP contribution in [0.1, 0.15) is 24.3 Å². The number of hydrogen-bond donors (Lipinski definition) is 1. The third-order valence-electron chi connectivity index (χ3n) is 3.68. The summed E-state index contributed by atoms with van der Waals surface area (Å²) in [4.78, 5) is 19.3. The molecule has 1 saturated heterocycles. The summed E-state index contributed by atoms with van der Waals surface area (Å²) >= 11 is 1.65. The molecule has 1 fully saturated rings. The summed E-state index contributed by atoms with van der Waals surface area (Å²) in [6.45, 7) is 3.33. The van der Waals surface area contributed by atoms with Gasteiger partial charge in [-0.2, -0.15) is 0 Å². The maximum atomic E-state index is 12.3. The molecule has 0 aliphatic carbocycles. The highest BCUT2D eigenvalue weighted by Crippen LogP contribution is 2.20. The second kappa shape index (κ2) is 6.79. The van der Waals surface area contributed by atoms with Crippen molar-refractivity contribution in [2.24, 2.45) is 0 Å². The molecule has 3 heterocycles. The summed E-state index contributed by atoms with van der Waals surface area (Å²) in [5.41, 5.74) is 0. The molecule has 2 aromatic heterocycles. The first-order chi connectivity index (χ1) is 10.7. The maximum Gasteiger partial charge on any atom is 0.318 e. The zero-order chi connectivity index (χ0) is 15.4. The molecular formula is C16H19N3O2S. The van der Waals surface area contributed by atoms with E-state index in [2.05, 4.69) is 10.3 Å². The SMILES string of the molecule is C[C@H](NC(=O)N1CC[C@@H](Oc2cccnc2)C1)c1cccs1. The normalized spacial score (nSPS) is 19.0. The number of nitrogens with zero attached hydrogens (tertiary/aromatic N) is 2. The standard InChI is InChI=1S/C16H19N3O2S/c1-12(15-5-3-9-22-15)18-16(20)19-8-6-14(11-19)21-13-4-2-7-17-10-13/h2-5,7,9-10,12,14H,6,8,11H2,1H3,(H,18,20)/t12-,14+/m0/s1. The molecule has 3 rings (SSSR count). The van der Waals surface area contributed by atoms with Crippen molar-refractivity contribution in [2.45, 2.75) is 25.5 Å². The zero-order valence-corrected chi connectivity index (χ0v) is 13.3. The van der Waals surface area contributed by atoms with Crippen LogP contribution in [0.15, 0.2) is 42.0 Å². The van der Waals surface area contributed by atoms with E-state index in [9.17, 15) is 4.79 Å². The average Bonchev–Trinajstić information content (AvgIpc) is 3.19. The molecule has 0 unspecified atom stereocenters. The van der Waals surface area contributed by atoms with Crippen LogP contribution < -0.4 is 10.1 Å². The monoisotopic (exact) mass is 317 g/mol. The molecule has 22 heavy (non-hydrogen) atoms. The first-order valence-electron chi connectivity index (χ1n) is 7.38. The van der Waals surface area contributed by atoms with Gasteiger partial charge >= 0.3 is 6.03 Å². The molecule has 0 saturated carbocycles. The molecule has 0 bridgehead atoms. The summed E-state index contributed by atoms with van der Waals surface area (Å²) in [6, 6.07) is 7.76. The number of pyridine rings is 1. The van der Waals surface area contributed by atoms with Crippen LogP contribution in [0.4, 0.5) is 4.79 Å². The van der Waals surface area contributed by atoms with Gasteiger partial charge in [-0.3, -0.25) is 4.98 Å². The first-order valence-corrected chi connectivity index (χ1v) is 8.26. The minimum atomic E-state index is -0.0295. The number of hydrogen-bond acceptors (Lipinski definition) is 4. The number of urea groups is 1. The first kappa shape index (κ1) is 14.8. The topological polar surface area (TPSA) is 54.5 Å². The number of carbonyl (C=O) groups excluding carboxylic acids is 1. The fourth-order valence-electron chi connectivity index (χ4n) is 2.50. The average molecular weight is 317 g/mol. The highest BCUT2D eigenvalue weighted by atomic mass is 32.1. The van der Waals surface area contributed by atoms with E-state index in [-0.39, 0.29) is 18.2 Å². The Bertz CT molecular complexity index is 603. The van der Waals surface area contributed by atoms with Crippen molar-refractivity contribution in [1.29, 1.82) is 0 Å². The number of ether oxygens (including phenoxy) is 1. The van der Waals surface area contributed by atoms with Gasteiger partial charge in [-0.25, -0.2) is 4.79 Å². The van der Waals surface area contributed by atoms with Crippen LogP contribution in [0.5, 0.6) is 5.75 Å². The molecule has 1 N–H and O–H groups in total. The molecule has 0 spiro atoms. The molecule has 0 aromatic carbocycles. The van der Waals surface area contributed by atoms with Crippen molar-refractivity contribution in [3.63, 3.8) is 0 Å². The maximum absolute atomic E-state index is 12.3. The summed E-state index contributed by atoms with van der Waals surface area (Å²) < 4.78 is 5.85. The molecule has 6 heteroatoms. The Morgan fingerprint density at radius 2 is 2.41 bits per heavy atom. The zero-order valence-electron chi connectivity index (χ0n) is 12.4. The molecule has 0 radical (unpaired) electrons. The van der Waals surface area contributed by atoms with Crippen molar-refractivity contribution < 1.29 is 9.53 Å². The Morgan fingerprint density at radius 1 is 1.50 bits per heavy atom. The molecule has 1 aliphatic rings. The molecule has 5 nitrogen and oxygen atoms in total. The number of amides is 2. The third-order valence-corrected chi connectivity index (χ3v) is 4.73. The van der Waals surface area contributed by atoms with Crippen molar-refractivity contribution >= 4 is 17.4 Å². The lowest BCUT2D eigenvalue weighted by Crippen LogP contribution is -2.40. The van der Waals surface area contributed by atoms with Crippen molar-refractivity contribution in [3.8, 4) is 5.75 Å². The van der Waals surface area contributed by atoms with Crippen LogP contribution >= 0.6 is 11.3 Å². The Kier molecular flexibility index (Phi) is 4.58. The molecule has 2 atom stereocenters. The lowest BCUT2D eigenvalue weighted by atomic mass is 10.3. The minimum absolute atomic E-state index is 0.0295. The van der Waals surface area contributed by atoms with E-state index < -0.39 is 0 Å². The lowest BCUT2D eigenvalue weighted by Gasteiger charge is -2.20. The second-order valence-electron chi connectivity index (χ2n) is 5.35. The van der Waals surface area contributed by atoms with Gasteiger partial charge in [-0.1, -0.05) is 6.07 Å². The molecule has 1 aliphatic heterocycles. The highest BCUT2D eigenvalue weighted by Gasteiger charge is 2.28. The van der Waals surface area contributed by atoms with Gasteiger partial charge in [0.05, 0.1) is 18.8 Å². The lowest BCUT2D eigenvalue weighted by molar-refractivity contribution is 0.184. The van der Waals surface area contributed by atoms with Gasteiger partial charge in [0.2, 0.25) is 0 Å². The number of thiophene rings is 1. The van der Waals surface area contributed by atoms with Gasteiger partial charge in [-0.15, -0.1) is 11.3 Å². The van der Waals surface area contributed by atoms with E-state index >= 15 is 0 Å². The van der Waals surface area contributed by atoms with E-state index in [1.165, 1.54) is 0 Å². The predicted molar refractivity (Wildman–Crippen MR) is 86.1 cm³/mol. The number of aromatic nitrogens is 1. The number of likely N-dealkylation sites (tertiary alicyclic amines) is 1. The minimum Gasteiger partial charge on any atom is -0.487 e. The summed E-state index contributed by atoms with van der Waals surface area (Å²) in [5, 5.41) is 5.06. The summed E-state index contributed by atoms with van der Waals surface area (Å²) in [7, 11) is 0. The fraction of sp³-hybridized carbons (Fsp3) is 0.375. The van der Waals surface area contributed by atoms with E-state index in [0.717, 1.165) is 17.0 Å². The van der Waals surface area contributed by atoms with E-state index in [4.69, 9.17) is 4.74 Å². The van der Waals surface area contributed by atoms with Crippen molar-refractivity contribution in [3.05, 3.63) is 46.9 Å². The van der Waals surface area contributed by atoms with Crippen LogP contribution in [0.3, 0.4) is 0 Å². The van der Waals surface area contributed by atoms with Gasteiger partial charge in [-0.05, 0) is 30.5 Å². The Hall–Kier alpha value is -2.08. The Morgan fingerprint density at radius 3 is 3.14 bits per heavy atom. The smallest absolute Gasteiger partial charge is 0.318 e. The van der Waals surface area contributed by atoms with Gasteiger partial charge in [0.1, 0.15) is 11.9 Å². The Labute approximate surface area is 133 Å². The van der Waals surface area contributed by atoms with Crippen LogP contribution in [-0.4, -0.2) is 35.1 Å². The molecule has 2 aromatic rings. The van der Waals surface area contributed by atoms with Gasteiger partial charge < -0.3 is 15.0 Å². The van der Waals surface area contributed by atoms with Gasteiger partial charge in [0, 0.05) is 24.0 Å². The highest BCUT2D eigenvalue weighted by molar-refractivity contribution is 7.10. The fourth-order valence-corrected chi connectivity index (χ4v) is 3.24. The van der Waals surface area contributed by atoms with Gasteiger partial charge in [0.25, 0.3) is 0 Å². The quantitative estimate of drug-likeness (QED) is 0.943. The predicted octanol–water partition coefficient (Wildman–Crippen LogP) is 3.07. The molecule has 2 amide bonds. The second-order valence-corrected chi connectivity index (χ2v) is 6.33. The van der Waals surface area contributed by atoms with Crippen molar-refractivity contribution in [2.75, 3.05) is 13.1 Å². The molecule has 116 valence electrons. The molecular weight excluding hydrogens is 298 g/mol. The van der Waals surface area contributed by atoms with Crippen molar-refractivity contribution in [1.82, 2.24) is 15.2 Å². The third kappa shape index (κ3) is 3.57. The van der Waals surface area contributed by atoms with Crippen LogP contribution in [0.2, 0.25) is 0 Å². The number of nitrogens with one attached hydrogen (secondary N) is 1. The number of carbonyl (C=O) groups is 1. The van der Waals surface area contributed by atoms with E-state index in [1.807, 2.05) is 41.5 Å². The Balaban J connectivity index is 1.50. The van der Waals surface area contributed by atoms with Crippen LogP contribution in [0.25, 0.3) is 0 Å². The van der Waals surface area contributed by atoms with E-state index in [0.29, 0.717) is 13.1 Å². The summed E-state index contributed by atoms with van der Waals surface area (Å²) in [6.07, 6.45) is 4.29. The summed E-state index contributed by atoms with van der Waals surface area (Å²) in [5.74, 6) is 0.752. The number of rotatable bonds is 4. The van der Waals surface area contributed by atoms with E-state index in [1.54, 1.807) is 23.7 Å². The van der Waals surface area contributed by atoms with Gasteiger partial charge in [0.15, 0.2) is 0 Å². The largest absolute Gasteiger partial charge is 0.487 e. The van der Waals surface area contributed by atoms with Crippen LogP contribution in [-0.2, 0) is 0 Å². The van der Waals surface area contributed by atoms with Crippen LogP contribution in [0, 0.1) is 0 Å².